The quantitative estimate of drug-likeness (QED) is 0.847. The number of ether oxygens (including phenoxy) is 1. The predicted octanol–water partition coefficient (Wildman–Crippen LogP) is 2.35. The van der Waals surface area contributed by atoms with E-state index in [1.165, 1.54) is 7.11 Å². The molecule has 1 aromatic rings. The largest absolute Gasteiger partial charge is 0.496 e. The summed E-state index contributed by atoms with van der Waals surface area (Å²) >= 11 is 3.33. The first kappa shape index (κ1) is 15.0. The lowest BCUT2D eigenvalue weighted by atomic mass is 10.1. The molecule has 2 N–H and O–H groups in total. The van der Waals surface area contributed by atoms with Gasteiger partial charge in [0.2, 0.25) is 0 Å². The van der Waals surface area contributed by atoms with Crippen molar-refractivity contribution >= 4 is 21.8 Å². The molecule has 18 heavy (non-hydrogen) atoms. The van der Waals surface area contributed by atoms with Crippen LogP contribution in [0.15, 0.2) is 22.7 Å². The van der Waals surface area contributed by atoms with Gasteiger partial charge in [-0.15, -0.1) is 0 Å². The number of carbonyl (C=O) groups excluding carboxylic acids is 1. The van der Waals surface area contributed by atoms with Gasteiger partial charge in [-0.3, -0.25) is 4.79 Å². The molecule has 1 amide bonds. The Labute approximate surface area is 115 Å². The van der Waals surface area contributed by atoms with Gasteiger partial charge in [-0.05, 0) is 38.0 Å². The highest BCUT2D eigenvalue weighted by Gasteiger charge is 2.14. The van der Waals surface area contributed by atoms with Crippen LogP contribution in [0.4, 0.5) is 0 Å². The Bertz CT molecular complexity index is 409. The summed E-state index contributed by atoms with van der Waals surface area (Å²) in [5, 5.41) is 11.6. The van der Waals surface area contributed by atoms with Crippen LogP contribution < -0.4 is 10.1 Å². The average Bonchev–Trinajstić information content (AvgIpc) is 2.35. The van der Waals surface area contributed by atoms with E-state index in [0.717, 1.165) is 10.9 Å². The number of carbonyl (C=O) groups is 1. The summed E-state index contributed by atoms with van der Waals surface area (Å²) in [4.78, 5) is 12.0. The van der Waals surface area contributed by atoms with Crippen molar-refractivity contribution in [3.63, 3.8) is 0 Å². The second-order valence-electron chi connectivity index (χ2n) is 4.08. The SMILES string of the molecule is COc1cc(Br)ccc1C(=O)NC(C)CCCO. The minimum Gasteiger partial charge on any atom is -0.496 e. The number of aliphatic hydroxyl groups excluding tert-OH is 1. The van der Waals surface area contributed by atoms with Crippen molar-refractivity contribution in [1.82, 2.24) is 5.32 Å². The highest BCUT2D eigenvalue weighted by atomic mass is 79.9. The van der Waals surface area contributed by atoms with Crippen molar-refractivity contribution in [3.05, 3.63) is 28.2 Å². The Morgan fingerprint density at radius 3 is 2.89 bits per heavy atom. The summed E-state index contributed by atoms with van der Waals surface area (Å²) in [6, 6.07) is 5.30. The van der Waals surface area contributed by atoms with Crippen LogP contribution in [0.3, 0.4) is 0 Å². The van der Waals surface area contributed by atoms with Crippen LogP contribution in [-0.4, -0.2) is 30.8 Å². The van der Waals surface area contributed by atoms with Crippen LogP contribution in [0.25, 0.3) is 0 Å². The van der Waals surface area contributed by atoms with Gasteiger partial charge in [-0.2, -0.15) is 0 Å². The summed E-state index contributed by atoms with van der Waals surface area (Å²) in [5.41, 5.74) is 0.511. The van der Waals surface area contributed by atoms with Crippen LogP contribution in [-0.2, 0) is 0 Å². The van der Waals surface area contributed by atoms with Crippen LogP contribution in [0.2, 0.25) is 0 Å². The van der Waals surface area contributed by atoms with Crippen LogP contribution in [0.1, 0.15) is 30.1 Å². The lowest BCUT2D eigenvalue weighted by molar-refractivity contribution is 0.0933. The highest BCUT2D eigenvalue weighted by Crippen LogP contribution is 2.23. The number of benzene rings is 1. The first-order valence-electron chi connectivity index (χ1n) is 5.83. The molecule has 1 aromatic carbocycles. The van der Waals surface area contributed by atoms with Crippen molar-refractivity contribution in [2.75, 3.05) is 13.7 Å². The van der Waals surface area contributed by atoms with Crippen molar-refractivity contribution in [3.8, 4) is 5.75 Å². The molecule has 5 heteroatoms. The second-order valence-corrected chi connectivity index (χ2v) is 5.00. The molecule has 0 spiro atoms. The summed E-state index contributed by atoms with van der Waals surface area (Å²) in [5.74, 6) is 0.376. The van der Waals surface area contributed by atoms with Gasteiger partial charge in [0.05, 0.1) is 12.7 Å². The molecule has 1 atom stereocenters. The maximum absolute atomic E-state index is 12.0. The second kappa shape index (κ2) is 7.38. The normalized spacial score (nSPS) is 12.0. The fourth-order valence-corrected chi connectivity index (χ4v) is 1.96. The molecule has 0 aliphatic heterocycles. The van der Waals surface area contributed by atoms with Gasteiger partial charge in [-0.25, -0.2) is 0 Å². The maximum atomic E-state index is 12.0. The van der Waals surface area contributed by atoms with Gasteiger partial charge in [0.25, 0.3) is 5.91 Å². The summed E-state index contributed by atoms with van der Waals surface area (Å²) < 4.78 is 6.04. The molecule has 0 heterocycles. The monoisotopic (exact) mass is 315 g/mol. The Morgan fingerprint density at radius 1 is 1.56 bits per heavy atom. The predicted molar refractivity (Wildman–Crippen MR) is 73.9 cm³/mol. The number of hydrogen-bond donors (Lipinski definition) is 2. The molecule has 0 aliphatic rings. The van der Waals surface area contributed by atoms with E-state index >= 15 is 0 Å². The van der Waals surface area contributed by atoms with E-state index in [1.807, 2.05) is 6.92 Å². The number of rotatable bonds is 6. The zero-order chi connectivity index (χ0) is 13.5. The third-order valence-electron chi connectivity index (χ3n) is 2.58. The smallest absolute Gasteiger partial charge is 0.255 e. The number of hydrogen-bond acceptors (Lipinski definition) is 3. The maximum Gasteiger partial charge on any atom is 0.255 e. The van der Waals surface area contributed by atoms with E-state index in [4.69, 9.17) is 9.84 Å². The van der Waals surface area contributed by atoms with Gasteiger partial charge in [-0.1, -0.05) is 15.9 Å². The number of methoxy groups -OCH3 is 1. The van der Waals surface area contributed by atoms with E-state index in [1.54, 1.807) is 18.2 Å². The zero-order valence-electron chi connectivity index (χ0n) is 10.6. The Balaban J connectivity index is 2.72. The molecule has 0 fully saturated rings. The number of nitrogens with one attached hydrogen (secondary N) is 1. The van der Waals surface area contributed by atoms with E-state index < -0.39 is 0 Å². The Hall–Kier alpha value is -1.07. The molecule has 0 saturated carbocycles. The standard InChI is InChI=1S/C13H18BrNO3/c1-9(4-3-7-16)15-13(17)11-6-5-10(14)8-12(11)18-2/h5-6,8-9,16H,3-4,7H2,1-2H3,(H,15,17). The van der Waals surface area contributed by atoms with Crippen LogP contribution >= 0.6 is 15.9 Å². The molecule has 4 nitrogen and oxygen atoms in total. The van der Waals surface area contributed by atoms with E-state index in [9.17, 15) is 4.79 Å². The van der Waals surface area contributed by atoms with Crippen LogP contribution in [0.5, 0.6) is 5.75 Å². The Morgan fingerprint density at radius 2 is 2.28 bits per heavy atom. The third kappa shape index (κ3) is 4.31. The summed E-state index contributed by atoms with van der Waals surface area (Å²) in [6.45, 7) is 2.06. The van der Waals surface area contributed by atoms with Crippen molar-refractivity contribution in [1.29, 1.82) is 0 Å². The van der Waals surface area contributed by atoms with E-state index in [2.05, 4.69) is 21.2 Å². The van der Waals surface area contributed by atoms with E-state index in [-0.39, 0.29) is 18.6 Å². The van der Waals surface area contributed by atoms with Gasteiger partial charge >= 0.3 is 0 Å². The summed E-state index contributed by atoms with van der Waals surface area (Å²) in [6.07, 6.45) is 1.43. The lowest BCUT2D eigenvalue weighted by Gasteiger charge is -2.15. The number of aliphatic hydroxyl groups is 1. The minimum atomic E-state index is -0.162. The fraction of sp³-hybridized carbons (Fsp3) is 0.462. The molecule has 0 bridgehead atoms. The molecule has 0 aliphatic carbocycles. The molecule has 0 aromatic heterocycles. The molecule has 100 valence electrons. The first-order valence-corrected chi connectivity index (χ1v) is 6.63. The highest BCUT2D eigenvalue weighted by molar-refractivity contribution is 9.10. The topological polar surface area (TPSA) is 58.6 Å². The fourth-order valence-electron chi connectivity index (χ4n) is 1.62. The molecule has 1 unspecified atom stereocenters. The molecule has 0 saturated heterocycles. The van der Waals surface area contributed by atoms with Gasteiger partial charge in [0.1, 0.15) is 5.75 Å². The van der Waals surface area contributed by atoms with Crippen molar-refractivity contribution < 1.29 is 14.6 Å². The third-order valence-corrected chi connectivity index (χ3v) is 3.07. The molecule has 0 radical (unpaired) electrons. The average molecular weight is 316 g/mol. The molecule has 1 rings (SSSR count). The first-order chi connectivity index (χ1) is 8.58. The van der Waals surface area contributed by atoms with Crippen LogP contribution in [0, 0.1) is 0 Å². The lowest BCUT2D eigenvalue weighted by Crippen LogP contribution is -2.32. The summed E-state index contributed by atoms with van der Waals surface area (Å²) in [7, 11) is 1.54. The van der Waals surface area contributed by atoms with Gasteiger partial charge < -0.3 is 15.2 Å². The minimum absolute atomic E-state index is 0.0259. The van der Waals surface area contributed by atoms with Gasteiger partial charge in [0.15, 0.2) is 0 Å². The molecular weight excluding hydrogens is 298 g/mol. The zero-order valence-corrected chi connectivity index (χ0v) is 12.2. The number of halogens is 1. The molecular formula is C13H18BrNO3. The van der Waals surface area contributed by atoms with Crippen molar-refractivity contribution in [2.24, 2.45) is 0 Å². The van der Waals surface area contributed by atoms with E-state index in [0.29, 0.717) is 17.7 Å². The van der Waals surface area contributed by atoms with Gasteiger partial charge in [0, 0.05) is 17.1 Å². The van der Waals surface area contributed by atoms with Crippen molar-refractivity contribution in [2.45, 2.75) is 25.8 Å². The number of amides is 1. The Kier molecular flexibility index (Phi) is 6.15.